The van der Waals surface area contributed by atoms with E-state index < -0.39 is 9.84 Å². The molecule has 0 atom stereocenters. The van der Waals surface area contributed by atoms with Gasteiger partial charge in [0.25, 0.3) is 0 Å². The van der Waals surface area contributed by atoms with Crippen molar-refractivity contribution in [1.29, 1.82) is 0 Å². The average molecular weight is 231 g/mol. The zero-order valence-corrected chi connectivity index (χ0v) is 9.40. The van der Waals surface area contributed by atoms with Gasteiger partial charge in [0.15, 0.2) is 9.84 Å². The van der Waals surface area contributed by atoms with Crippen molar-refractivity contribution < 1.29 is 8.42 Å². The molecule has 0 aliphatic carbocycles. The predicted octanol–water partition coefficient (Wildman–Crippen LogP) is 2.52. The Labute approximate surface area is 89.1 Å². The first kappa shape index (κ1) is 11.3. The van der Waals surface area contributed by atoms with Crippen molar-refractivity contribution in [3.05, 3.63) is 41.4 Å². The van der Waals surface area contributed by atoms with Crippen molar-refractivity contribution >= 4 is 21.4 Å². The molecule has 0 amide bonds. The fraction of sp³-hybridized carbons (Fsp3) is 0.200. The van der Waals surface area contributed by atoms with Gasteiger partial charge in [-0.05, 0) is 19.1 Å². The molecule has 0 unspecified atom stereocenters. The van der Waals surface area contributed by atoms with Gasteiger partial charge in [-0.1, -0.05) is 35.9 Å². The molecule has 0 heterocycles. The quantitative estimate of drug-likeness (QED) is 0.800. The molecular weight excluding hydrogens is 220 g/mol. The summed E-state index contributed by atoms with van der Waals surface area (Å²) in [4.78, 5) is 0.282. The molecule has 0 saturated carbocycles. The summed E-state index contributed by atoms with van der Waals surface area (Å²) in [5, 5.41) is 0.130. The first-order valence-electron chi connectivity index (χ1n) is 4.04. The molecule has 0 spiro atoms. The van der Waals surface area contributed by atoms with Crippen molar-refractivity contribution in [2.45, 2.75) is 11.8 Å². The van der Waals surface area contributed by atoms with Gasteiger partial charge in [-0.15, -0.1) is 0 Å². The summed E-state index contributed by atoms with van der Waals surface area (Å²) in [6.45, 7) is 5.27. The molecule has 0 aromatic heterocycles. The second-order valence-electron chi connectivity index (χ2n) is 3.09. The number of hydrogen-bond acceptors (Lipinski definition) is 2. The molecule has 0 saturated heterocycles. The molecular formula is C10H11ClO2S. The van der Waals surface area contributed by atoms with E-state index in [-0.39, 0.29) is 15.7 Å². The van der Waals surface area contributed by atoms with Crippen molar-refractivity contribution in [3.8, 4) is 0 Å². The third-order valence-corrected chi connectivity index (χ3v) is 3.74. The molecule has 0 fully saturated rings. The number of rotatable bonds is 3. The van der Waals surface area contributed by atoms with Gasteiger partial charge in [0.05, 0.1) is 10.6 Å². The van der Waals surface area contributed by atoms with E-state index in [2.05, 4.69) is 6.58 Å². The highest BCUT2D eigenvalue weighted by Crippen LogP contribution is 2.15. The third-order valence-electron chi connectivity index (χ3n) is 1.73. The SMILES string of the molecule is C=C(Cl)CS(=O)(=O)c1ccc(C)cc1. The molecule has 0 aliphatic rings. The number of benzene rings is 1. The third kappa shape index (κ3) is 2.86. The Morgan fingerprint density at radius 3 is 2.29 bits per heavy atom. The van der Waals surface area contributed by atoms with Gasteiger partial charge in [0.1, 0.15) is 0 Å². The van der Waals surface area contributed by atoms with Crippen LogP contribution in [0.1, 0.15) is 5.56 Å². The molecule has 0 N–H and O–H groups in total. The number of hydrogen-bond donors (Lipinski definition) is 0. The van der Waals surface area contributed by atoms with Crippen molar-refractivity contribution in [3.63, 3.8) is 0 Å². The lowest BCUT2D eigenvalue weighted by molar-refractivity contribution is 0.599. The largest absolute Gasteiger partial charge is 0.223 e. The Morgan fingerprint density at radius 1 is 1.36 bits per heavy atom. The van der Waals surface area contributed by atoms with Crippen LogP contribution in [-0.4, -0.2) is 14.2 Å². The van der Waals surface area contributed by atoms with Crippen LogP contribution >= 0.6 is 11.6 Å². The van der Waals surface area contributed by atoms with Gasteiger partial charge in [-0.2, -0.15) is 0 Å². The second kappa shape index (κ2) is 4.15. The summed E-state index contributed by atoms with van der Waals surface area (Å²) >= 11 is 5.47. The smallest absolute Gasteiger partial charge is 0.183 e. The van der Waals surface area contributed by atoms with E-state index in [9.17, 15) is 8.42 Å². The first-order valence-corrected chi connectivity index (χ1v) is 6.07. The van der Waals surface area contributed by atoms with Gasteiger partial charge in [0.2, 0.25) is 0 Å². The number of aryl methyl sites for hydroxylation is 1. The van der Waals surface area contributed by atoms with Crippen molar-refractivity contribution in [1.82, 2.24) is 0 Å². The Kier molecular flexibility index (Phi) is 3.34. The zero-order valence-electron chi connectivity index (χ0n) is 7.83. The molecule has 0 radical (unpaired) electrons. The summed E-state index contributed by atoms with van der Waals surface area (Å²) in [6.07, 6.45) is 0. The summed E-state index contributed by atoms with van der Waals surface area (Å²) in [5.41, 5.74) is 1.02. The first-order chi connectivity index (χ1) is 6.42. The van der Waals surface area contributed by atoms with Crippen LogP contribution in [-0.2, 0) is 9.84 Å². The van der Waals surface area contributed by atoms with Gasteiger partial charge in [-0.3, -0.25) is 0 Å². The van der Waals surface area contributed by atoms with E-state index in [1.807, 2.05) is 6.92 Å². The lowest BCUT2D eigenvalue weighted by atomic mass is 10.2. The number of halogens is 1. The van der Waals surface area contributed by atoms with Gasteiger partial charge < -0.3 is 0 Å². The molecule has 1 rings (SSSR count). The minimum atomic E-state index is -3.31. The fourth-order valence-corrected chi connectivity index (χ4v) is 2.60. The Bertz CT molecular complexity index is 432. The van der Waals surface area contributed by atoms with Crippen LogP contribution in [0.15, 0.2) is 40.8 Å². The Hall–Kier alpha value is -0.800. The highest BCUT2D eigenvalue weighted by atomic mass is 35.5. The maximum absolute atomic E-state index is 11.6. The van der Waals surface area contributed by atoms with Crippen LogP contribution in [0.4, 0.5) is 0 Å². The van der Waals surface area contributed by atoms with E-state index in [0.29, 0.717) is 0 Å². The highest BCUT2D eigenvalue weighted by Gasteiger charge is 2.14. The Balaban J connectivity index is 3.05. The summed E-state index contributed by atoms with van der Waals surface area (Å²) in [7, 11) is -3.31. The molecule has 0 bridgehead atoms. The normalized spacial score (nSPS) is 11.3. The summed E-state index contributed by atoms with van der Waals surface area (Å²) in [6, 6.07) is 6.66. The Morgan fingerprint density at radius 2 is 1.86 bits per heavy atom. The van der Waals surface area contributed by atoms with Crippen LogP contribution in [0.25, 0.3) is 0 Å². The van der Waals surface area contributed by atoms with E-state index >= 15 is 0 Å². The maximum atomic E-state index is 11.6. The van der Waals surface area contributed by atoms with Crippen LogP contribution in [0, 0.1) is 6.92 Å². The minimum Gasteiger partial charge on any atom is -0.223 e. The average Bonchev–Trinajstić information content (AvgIpc) is 2.02. The molecule has 2 nitrogen and oxygen atoms in total. The standard InChI is InChI=1S/C10H11ClO2S/c1-8-3-5-10(6-4-8)14(12,13)7-9(2)11/h3-6H,2,7H2,1H3. The molecule has 4 heteroatoms. The second-order valence-corrected chi connectivity index (χ2v) is 5.61. The summed E-state index contributed by atoms with van der Waals surface area (Å²) < 4.78 is 23.2. The van der Waals surface area contributed by atoms with Gasteiger partial charge in [0, 0.05) is 5.03 Å². The topological polar surface area (TPSA) is 34.1 Å². The van der Waals surface area contributed by atoms with E-state index in [4.69, 9.17) is 11.6 Å². The van der Waals surface area contributed by atoms with Crippen LogP contribution in [0.5, 0.6) is 0 Å². The van der Waals surface area contributed by atoms with E-state index in [1.54, 1.807) is 24.3 Å². The van der Waals surface area contributed by atoms with Crippen molar-refractivity contribution in [2.24, 2.45) is 0 Å². The maximum Gasteiger partial charge on any atom is 0.183 e. The van der Waals surface area contributed by atoms with E-state index in [0.717, 1.165) is 5.56 Å². The minimum absolute atomic E-state index is 0.130. The van der Waals surface area contributed by atoms with Gasteiger partial charge >= 0.3 is 0 Å². The lowest BCUT2D eigenvalue weighted by Crippen LogP contribution is -2.06. The van der Waals surface area contributed by atoms with Crippen LogP contribution in [0.2, 0.25) is 0 Å². The number of sulfone groups is 1. The predicted molar refractivity (Wildman–Crippen MR) is 58.2 cm³/mol. The van der Waals surface area contributed by atoms with Crippen LogP contribution < -0.4 is 0 Å². The molecule has 0 aliphatic heterocycles. The lowest BCUT2D eigenvalue weighted by Gasteiger charge is -2.02. The molecule has 1 aromatic carbocycles. The monoisotopic (exact) mass is 230 g/mol. The molecule has 76 valence electrons. The summed E-state index contributed by atoms with van der Waals surface area (Å²) in [5.74, 6) is -0.211. The zero-order chi connectivity index (χ0) is 10.8. The van der Waals surface area contributed by atoms with Gasteiger partial charge in [-0.25, -0.2) is 8.42 Å². The molecule has 1 aromatic rings. The van der Waals surface area contributed by atoms with Crippen LogP contribution in [0.3, 0.4) is 0 Å². The molecule has 14 heavy (non-hydrogen) atoms. The van der Waals surface area contributed by atoms with Crippen molar-refractivity contribution in [2.75, 3.05) is 5.75 Å². The fourth-order valence-electron chi connectivity index (χ4n) is 1.04. The highest BCUT2D eigenvalue weighted by molar-refractivity contribution is 7.91. The van der Waals surface area contributed by atoms with E-state index in [1.165, 1.54) is 0 Å².